The van der Waals surface area contributed by atoms with E-state index in [9.17, 15) is 5.26 Å². The number of nitrogens with zero attached hydrogens (tertiary/aromatic N) is 3. The van der Waals surface area contributed by atoms with Gasteiger partial charge < -0.3 is 15.2 Å². The molecule has 1 aromatic heterocycles. The SMILES string of the molecule is CN(C)CCCn1c(N)c(C#N)c2c(c1=S)CCCC2. The number of rotatable bonds is 4. The average molecular weight is 290 g/mol. The number of pyridine rings is 1. The molecule has 0 unspecified atom stereocenters. The van der Waals surface area contributed by atoms with Crippen molar-refractivity contribution < 1.29 is 0 Å². The van der Waals surface area contributed by atoms with Gasteiger partial charge in [0.1, 0.15) is 16.5 Å². The van der Waals surface area contributed by atoms with Gasteiger partial charge in [-0.2, -0.15) is 5.26 Å². The lowest BCUT2D eigenvalue weighted by Crippen LogP contribution is -2.20. The van der Waals surface area contributed by atoms with Gasteiger partial charge in [0.2, 0.25) is 0 Å². The number of hydrogen-bond acceptors (Lipinski definition) is 4. The lowest BCUT2D eigenvalue weighted by molar-refractivity contribution is 0.386. The van der Waals surface area contributed by atoms with Gasteiger partial charge in [0.25, 0.3) is 0 Å². The predicted octanol–water partition coefficient (Wildman–Crippen LogP) is 2.50. The van der Waals surface area contributed by atoms with Crippen LogP contribution in [0, 0.1) is 16.0 Å². The fourth-order valence-electron chi connectivity index (χ4n) is 2.87. The highest BCUT2D eigenvalue weighted by atomic mass is 32.1. The third kappa shape index (κ3) is 2.87. The van der Waals surface area contributed by atoms with Gasteiger partial charge in [0.15, 0.2) is 0 Å². The summed E-state index contributed by atoms with van der Waals surface area (Å²) < 4.78 is 2.80. The smallest absolute Gasteiger partial charge is 0.122 e. The largest absolute Gasteiger partial charge is 0.384 e. The van der Waals surface area contributed by atoms with E-state index in [2.05, 4.69) is 25.1 Å². The Balaban J connectivity index is 2.42. The summed E-state index contributed by atoms with van der Waals surface area (Å²) in [5, 5.41) is 9.42. The lowest BCUT2D eigenvalue weighted by atomic mass is 9.90. The molecule has 5 heteroatoms. The molecule has 0 aromatic carbocycles. The first kappa shape index (κ1) is 15.0. The minimum atomic E-state index is 0.553. The van der Waals surface area contributed by atoms with Crippen LogP contribution in [0.5, 0.6) is 0 Å². The molecular formula is C15H22N4S. The topological polar surface area (TPSA) is 58.0 Å². The molecule has 0 saturated carbocycles. The fraction of sp³-hybridized carbons (Fsp3) is 0.600. The van der Waals surface area contributed by atoms with Gasteiger partial charge in [-0.05, 0) is 63.9 Å². The van der Waals surface area contributed by atoms with Gasteiger partial charge in [-0.25, -0.2) is 0 Å². The van der Waals surface area contributed by atoms with Crippen molar-refractivity contribution in [1.29, 1.82) is 5.26 Å². The van der Waals surface area contributed by atoms with E-state index >= 15 is 0 Å². The van der Waals surface area contributed by atoms with Crippen LogP contribution in [-0.4, -0.2) is 30.1 Å². The number of nitriles is 1. The van der Waals surface area contributed by atoms with E-state index in [1.54, 1.807) is 0 Å². The summed E-state index contributed by atoms with van der Waals surface area (Å²) in [5.41, 5.74) is 9.13. The molecule has 0 bridgehead atoms. The highest BCUT2D eigenvalue weighted by molar-refractivity contribution is 7.71. The van der Waals surface area contributed by atoms with Crippen molar-refractivity contribution in [2.24, 2.45) is 0 Å². The molecule has 0 spiro atoms. The number of fused-ring (bicyclic) bond motifs is 1. The summed E-state index contributed by atoms with van der Waals surface area (Å²) >= 11 is 5.61. The van der Waals surface area contributed by atoms with E-state index in [0.29, 0.717) is 11.4 Å². The molecule has 108 valence electrons. The van der Waals surface area contributed by atoms with Gasteiger partial charge >= 0.3 is 0 Å². The molecule has 0 saturated heterocycles. The van der Waals surface area contributed by atoms with Crippen molar-refractivity contribution in [3.05, 3.63) is 21.3 Å². The van der Waals surface area contributed by atoms with Crippen LogP contribution in [0.3, 0.4) is 0 Å². The summed E-state index contributed by atoms with van der Waals surface area (Å²) in [5.74, 6) is 0.553. The second kappa shape index (κ2) is 6.38. The minimum Gasteiger partial charge on any atom is -0.384 e. The molecule has 1 aliphatic carbocycles. The Bertz CT molecular complexity index is 595. The molecule has 1 aliphatic rings. The monoisotopic (exact) mass is 290 g/mol. The number of nitrogens with two attached hydrogens (primary N) is 1. The first-order chi connectivity index (χ1) is 9.56. The predicted molar refractivity (Wildman–Crippen MR) is 84.2 cm³/mol. The Morgan fingerprint density at radius 3 is 2.55 bits per heavy atom. The van der Waals surface area contributed by atoms with Crippen LogP contribution in [-0.2, 0) is 19.4 Å². The van der Waals surface area contributed by atoms with Crippen molar-refractivity contribution in [2.45, 2.75) is 38.6 Å². The van der Waals surface area contributed by atoms with E-state index in [0.717, 1.165) is 55.4 Å². The van der Waals surface area contributed by atoms with Crippen LogP contribution >= 0.6 is 12.2 Å². The molecule has 4 nitrogen and oxygen atoms in total. The molecule has 0 fully saturated rings. The zero-order valence-electron chi connectivity index (χ0n) is 12.3. The molecule has 0 radical (unpaired) electrons. The third-order valence-corrected chi connectivity index (χ3v) is 4.39. The summed E-state index contributed by atoms with van der Waals surface area (Å²) in [6.07, 6.45) is 5.18. The van der Waals surface area contributed by atoms with Crippen molar-refractivity contribution in [3.8, 4) is 6.07 Å². The summed E-state index contributed by atoms with van der Waals surface area (Å²) in [6, 6.07) is 2.29. The van der Waals surface area contributed by atoms with Crippen LogP contribution in [0.2, 0.25) is 0 Å². The molecular weight excluding hydrogens is 268 g/mol. The number of anilines is 1. The van der Waals surface area contributed by atoms with Crippen LogP contribution < -0.4 is 5.73 Å². The molecule has 0 amide bonds. The minimum absolute atomic E-state index is 0.553. The van der Waals surface area contributed by atoms with Gasteiger partial charge in [0.05, 0.1) is 5.56 Å². The Morgan fingerprint density at radius 2 is 1.95 bits per heavy atom. The Hall–Kier alpha value is -1.38. The van der Waals surface area contributed by atoms with Crippen molar-refractivity contribution >= 4 is 18.0 Å². The van der Waals surface area contributed by atoms with Gasteiger partial charge in [-0.15, -0.1) is 0 Å². The van der Waals surface area contributed by atoms with E-state index in [1.807, 2.05) is 4.57 Å². The van der Waals surface area contributed by atoms with E-state index in [4.69, 9.17) is 18.0 Å². The zero-order chi connectivity index (χ0) is 14.7. The summed E-state index contributed by atoms with van der Waals surface area (Å²) in [4.78, 5) is 2.14. The Morgan fingerprint density at radius 1 is 1.30 bits per heavy atom. The molecule has 1 heterocycles. The summed E-state index contributed by atoms with van der Waals surface area (Å²) in [6.45, 7) is 1.77. The van der Waals surface area contributed by atoms with Crippen LogP contribution in [0.4, 0.5) is 5.82 Å². The standard InChI is InChI=1S/C15H22N4S/c1-18(2)8-5-9-19-14(17)13(10-16)11-6-3-4-7-12(11)15(19)20/h3-9,17H2,1-2H3. The van der Waals surface area contributed by atoms with Gasteiger partial charge in [0, 0.05) is 6.54 Å². The lowest BCUT2D eigenvalue weighted by Gasteiger charge is -2.23. The highest BCUT2D eigenvalue weighted by Gasteiger charge is 2.20. The third-order valence-electron chi connectivity index (χ3n) is 3.92. The number of aromatic nitrogens is 1. The van der Waals surface area contributed by atoms with Crippen LogP contribution in [0.25, 0.3) is 0 Å². The van der Waals surface area contributed by atoms with Crippen molar-refractivity contribution in [1.82, 2.24) is 9.47 Å². The quantitative estimate of drug-likeness (QED) is 0.866. The maximum Gasteiger partial charge on any atom is 0.122 e. The van der Waals surface area contributed by atoms with Crippen LogP contribution in [0.1, 0.15) is 36.0 Å². The molecule has 0 atom stereocenters. The second-order valence-electron chi connectivity index (χ2n) is 5.65. The van der Waals surface area contributed by atoms with Crippen molar-refractivity contribution in [2.75, 3.05) is 26.4 Å². The maximum absolute atomic E-state index is 9.42. The normalized spacial score (nSPS) is 14.1. The molecule has 2 N–H and O–H groups in total. The maximum atomic E-state index is 9.42. The van der Waals surface area contributed by atoms with Crippen LogP contribution in [0.15, 0.2) is 0 Å². The average Bonchev–Trinajstić information content (AvgIpc) is 2.43. The number of nitrogen functional groups attached to an aromatic ring is 1. The van der Waals surface area contributed by atoms with Crippen molar-refractivity contribution in [3.63, 3.8) is 0 Å². The van der Waals surface area contributed by atoms with E-state index in [1.165, 1.54) is 5.56 Å². The van der Waals surface area contributed by atoms with Gasteiger partial charge in [-0.1, -0.05) is 12.2 Å². The summed E-state index contributed by atoms with van der Waals surface area (Å²) in [7, 11) is 4.10. The molecule has 1 aromatic rings. The fourth-order valence-corrected chi connectivity index (χ4v) is 3.29. The Kier molecular flexibility index (Phi) is 4.79. The first-order valence-electron chi connectivity index (χ1n) is 7.15. The second-order valence-corrected chi connectivity index (χ2v) is 6.04. The Labute approximate surface area is 125 Å². The van der Waals surface area contributed by atoms with Gasteiger partial charge in [-0.3, -0.25) is 0 Å². The highest BCUT2D eigenvalue weighted by Crippen LogP contribution is 2.29. The first-order valence-corrected chi connectivity index (χ1v) is 7.56. The molecule has 2 rings (SSSR count). The van der Waals surface area contributed by atoms with E-state index in [-0.39, 0.29) is 0 Å². The molecule has 0 aliphatic heterocycles. The zero-order valence-corrected chi connectivity index (χ0v) is 13.1. The number of hydrogen-bond donors (Lipinski definition) is 1. The molecule has 20 heavy (non-hydrogen) atoms. The van der Waals surface area contributed by atoms with E-state index < -0.39 is 0 Å².